The highest BCUT2D eigenvalue weighted by Crippen LogP contribution is 2.22. The average molecular weight is 342 g/mol. The quantitative estimate of drug-likeness (QED) is 0.881. The van der Waals surface area contributed by atoms with Crippen LogP contribution in [0.4, 0.5) is 4.39 Å². The Hall–Kier alpha value is -0.980. The number of hydrogen-bond acceptors (Lipinski definition) is 3. The molecule has 0 spiro atoms. The molecule has 0 radical (unpaired) electrons. The molecule has 1 aromatic rings. The molecule has 2 fully saturated rings. The second kappa shape index (κ2) is 5.79. The van der Waals surface area contributed by atoms with E-state index in [-0.39, 0.29) is 11.5 Å². The minimum atomic E-state index is -0.455. The molecule has 1 aromatic carbocycles. The highest BCUT2D eigenvalue weighted by atomic mass is 79.9. The number of amides is 1. The standard InChI is InChI=1S/C14H17BrFN3O/c15-10-1-2-13(16)12(7-10)14(20)19-8-11(9-19)18-5-3-17-4-6-18/h1-2,7,11,17H,3-6,8-9H2. The largest absolute Gasteiger partial charge is 0.335 e. The van der Waals surface area contributed by atoms with Crippen molar-refractivity contribution >= 4 is 21.8 Å². The lowest BCUT2D eigenvalue weighted by Gasteiger charge is -2.46. The Bertz CT molecular complexity index is 513. The van der Waals surface area contributed by atoms with Gasteiger partial charge in [-0.25, -0.2) is 4.39 Å². The number of halogens is 2. The Labute approximate surface area is 126 Å². The zero-order valence-electron chi connectivity index (χ0n) is 11.1. The fourth-order valence-corrected chi connectivity index (χ4v) is 3.09. The minimum Gasteiger partial charge on any atom is -0.335 e. The van der Waals surface area contributed by atoms with Crippen LogP contribution in [0.15, 0.2) is 22.7 Å². The third-order valence-electron chi connectivity index (χ3n) is 3.98. The molecular weight excluding hydrogens is 325 g/mol. The van der Waals surface area contributed by atoms with E-state index in [1.54, 1.807) is 17.0 Å². The smallest absolute Gasteiger partial charge is 0.256 e. The third kappa shape index (κ3) is 2.73. The van der Waals surface area contributed by atoms with Crippen molar-refractivity contribution in [1.82, 2.24) is 15.1 Å². The van der Waals surface area contributed by atoms with E-state index in [1.165, 1.54) is 6.07 Å². The Kier molecular flexibility index (Phi) is 4.05. The molecule has 2 aliphatic rings. The van der Waals surface area contributed by atoms with Gasteiger partial charge in [0.1, 0.15) is 5.82 Å². The van der Waals surface area contributed by atoms with Gasteiger partial charge in [-0.2, -0.15) is 0 Å². The molecule has 0 saturated carbocycles. The van der Waals surface area contributed by atoms with Crippen LogP contribution < -0.4 is 5.32 Å². The lowest BCUT2D eigenvalue weighted by molar-refractivity contribution is 0.0223. The first-order chi connectivity index (χ1) is 9.65. The summed E-state index contributed by atoms with van der Waals surface area (Å²) in [6.07, 6.45) is 0. The SMILES string of the molecule is O=C(c1cc(Br)ccc1F)N1CC(N2CCNCC2)C1. The van der Waals surface area contributed by atoms with Gasteiger partial charge < -0.3 is 10.2 Å². The first-order valence-corrected chi connectivity index (χ1v) is 7.63. The van der Waals surface area contributed by atoms with Crippen molar-refractivity contribution in [3.8, 4) is 0 Å². The molecular formula is C14H17BrFN3O. The molecule has 0 bridgehead atoms. The zero-order valence-corrected chi connectivity index (χ0v) is 12.7. The van der Waals surface area contributed by atoms with Crippen molar-refractivity contribution in [3.63, 3.8) is 0 Å². The van der Waals surface area contributed by atoms with Crippen LogP contribution in [-0.2, 0) is 0 Å². The van der Waals surface area contributed by atoms with Gasteiger partial charge in [0.25, 0.3) is 5.91 Å². The molecule has 2 aliphatic heterocycles. The molecule has 2 saturated heterocycles. The van der Waals surface area contributed by atoms with Gasteiger partial charge in [-0.3, -0.25) is 9.69 Å². The van der Waals surface area contributed by atoms with E-state index in [0.717, 1.165) is 30.7 Å². The molecule has 0 atom stereocenters. The number of hydrogen-bond donors (Lipinski definition) is 1. The second-order valence-corrected chi connectivity index (χ2v) is 6.19. The van der Waals surface area contributed by atoms with E-state index in [9.17, 15) is 9.18 Å². The Morgan fingerprint density at radius 1 is 1.30 bits per heavy atom. The van der Waals surface area contributed by atoms with Crippen LogP contribution in [0.3, 0.4) is 0 Å². The van der Waals surface area contributed by atoms with E-state index in [0.29, 0.717) is 19.1 Å². The highest BCUT2D eigenvalue weighted by Gasteiger charge is 2.36. The molecule has 108 valence electrons. The van der Waals surface area contributed by atoms with Gasteiger partial charge in [-0.05, 0) is 18.2 Å². The molecule has 20 heavy (non-hydrogen) atoms. The summed E-state index contributed by atoms with van der Waals surface area (Å²) in [5, 5.41) is 3.31. The third-order valence-corrected chi connectivity index (χ3v) is 4.47. The average Bonchev–Trinajstić information content (AvgIpc) is 2.41. The van der Waals surface area contributed by atoms with Gasteiger partial charge in [0.05, 0.1) is 5.56 Å². The van der Waals surface area contributed by atoms with Gasteiger partial charge in [0.15, 0.2) is 0 Å². The fourth-order valence-electron chi connectivity index (χ4n) is 2.73. The molecule has 1 amide bonds. The van der Waals surface area contributed by atoms with Crippen molar-refractivity contribution in [2.45, 2.75) is 6.04 Å². The van der Waals surface area contributed by atoms with Gasteiger partial charge >= 0.3 is 0 Å². The van der Waals surface area contributed by atoms with Crippen molar-refractivity contribution in [1.29, 1.82) is 0 Å². The normalized spacial score (nSPS) is 20.8. The second-order valence-electron chi connectivity index (χ2n) is 5.27. The molecule has 0 aliphatic carbocycles. The van der Waals surface area contributed by atoms with Crippen molar-refractivity contribution in [3.05, 3.63) is 34.1 Å². The number of piperazine rings is 1. The lowest BCUT2D eigenvalue weighted by atomic mass is 10.0. The summed E-state index contributed by atoms with van der Waals surface area (Å²) in [6, 6.07) is 4.91. The van der Waals surface area contributed by atoms with Crippen LogP contribution in [-0.4, -0.2) is 61.0 Å². The summed E-state index contributed by atoms with van der Waals surface area (Å²) < 4.78 is 14.4. The van der Waals surface area contributed by atoms with Crippen LogP contribution in [0, 0.1) is 5.82 Å². The summed E-state index contributed by atoms with van der Waals surface area (Å²) in [6.45, 7) is 5.46. The monoisotopic (exact) mass is 341 g/mol. The molecule has 3 rings (SSSR count). The highest BCUT2D eigenvalue weighted by molar-refractivity contribution is 9.10. The Morgan fingerprint density at radius 3 is 2.70 bits per heavy atom. The van der Waals surface area contributed by atoms with Crippen LogP contribution in [0.2, 0.25) is 0 Å². The fraction of sp³-hybridized carbons (Fsp3) is 0.500. The number of benzene rings is 1. The van der Waals surface area contributed by atoms with Crippen molar-refractivity contribution in [2.75, 3.05) is 39.3 Å². The number of carbonyl (C=O) groups excluding carboxylic acids is 1. The molecule has 0 aromatic heterocycles. The maximum Gasteiger partial charge on any atom is 0.256 e. The Morgan fingerprint density at radius 2 is 2.00 bits per heavy atom. The maximum absolute atomic E-state index is 13.7. The molecule has 4 nitrogen and oxygen atoms in total. The zero-order chi connectivity index (χ0) is 14.1. The lowest BCUT2D eigenvalue weighted by Crippen LogP contribution is -2.63. The first kappa shape index (κ1) is 14.0. The van der Waals surface area contributed by atoms with Crippen molar-refractivity contribution in [2.24, 2.45) is 0 Å². The van der Waals surface area contributed by atoms with E-state index >= 15 is 0 Å². The number of nitrogens with one attached hydrogen (secondary N) is 1. The first-order valence-electron chi connectivity index (χ1n) is 6.84. The topological polar surface area (TPSA) is 35.6 Å². The van der Waals surface area contributed by atoms with Crippen LogP contribution in [0.1, 0.15) is 10.4 Å². The molecule has 6 heteroatoms. The van der Waals surface area contributed by atoms with Crippen LogP contribution >= 0.6 is 15.9 Å². The van der Waals surface area contributed by atoms with Gasteiger partial charge in [-0.1, -0.05) is 15.9 Å². The number of nitrogens with zero attached hydrogens (tertiary/aromatic N) is 2. The maximum atomic E-state index is 13.7. The van der Waals surface area contributed by atoms with E-state index in [1.807, 2.05) is 0 Å². The van der Waals surface area contributed by atoms with Crippen molar-refractivity contribution < 1.29 is 9.18 Å². The van der Waals surface area contributed by atoms with E-state index in [4.69, 9.17) is 0 Å². The van der Waals surface area contributed by atoms with Gasteiger partial charge in [0.2, 0.25) is 0 Å². The molecule has 0 unspecified atom stereocenters. The van der Waals surface area contributed by atoms with Crippen LogP contribution in [0.5, 0.6) is 0 Å². The summed E-state index contributed by atoms with van der Waals surface area (Å²) >= 11 is 3.28. The van der Waals surface area contributed by atoms with Gasteiger partial charge in [-0.15, -0.1) is 0 Å². The van der Waals surface area contributed by atoms with Gasteiger partial charge in [0, 0.05) is 49.8 Å². The Balaban J connectivity index is 1.61. The summed E-state index contributed by atoms with van der Waals surface area (Å²) in [4.78, 5) is 16.4. The molecule has 2 heterocycles. The summed E-state index contributed by atoms with van der Waals surface area (Å²) in [5.41, 5.74) is 0.151. The molecule has 1 N–H and O–H groups in total. The predicted molar refractivity (Wildman–Crippen MR) is 78.2 cm³/mol. The van der Waals surface area contributed by atoms with E-state index in [2.05, 4.69) is 26.1 Å². The number of likely N-dealkylation sites (tertiary alicyclic amines) is 1. The summed E-state index contributed by atoms with van der Waals surface area (Å²) in [7, 11) is 0. The summed E-state index contributed by atoms with van der Waals surface area (Å²) in [5.74, 6) is -0.668. The predicted octanol–water partition coefficient (Wildman–Crippen LogP) is 1.32. The van der Waals surface area contributed by atoms with Crippen LogP contribution in [0.25, 0.3) is 0 Å². The van der Waals surface area contributed by atoms with E-state index < -0.39 is 5.82 Å². The minimum absolute atomic E-state index is 0.151. The number of rotatable bonds is 2. The number of carbonyl (C=O) groups is 1.